The molecule has 1 atom stereocenters. The molecule has 4 nitrogen and oxygen atoms in total. The number of nitrogens with zero attached hydrogens (tertiary/aromatic N) is 1. The van der Waals surface area contributed by atoms with Crippen LogP contribution in [0.3, 0.4) is 0 Å². The Balaban J connectivity index is 2.19. The SMILES string of the molecule is CCNC1CCCN(c2cc(OCC)ccc2OCC)C1. The van der Waals surface area contributed by atoms with Gasteiger partial charge in [0.05, 0.1) is 18.9 Å². The molecule has 1 aliphatic heterocycles. The van der Waals surface area contributed by atoms with Crippen LogP contribution < -0.4 is 19.7 Å². The highest BCUT2D eigenvalue weighted by molar-refractivity contribution is 5.62. The Hall–Kier alpha value is -1.42. The Morgan fingerprint density at radius 2 is 2.00 bits per heavy atom. The maximum Gasteiger partial charge on any atom is 0.142 e. The Bertz CT molecular complexity index is 435. The summed E-state index contributed by atoms with van der Waals surface area (Å²) in [6, 6.07) is 6.70. The lowest BCUT2D eigenvalue weighted by molar-refractivity contribution is 0.329. The molecule has 0 bridgehead atoms. The van der Waals surface area contributed by atoms with Crippen LogP contribution in [0.15, 0.2) is 18.2 Å². The minimum atomic E-state index is 0.564. The van der Waals surface area contributed by atoms with E-state index in [4.69, 9.17) is 9.47 Å². The normalized spacial score (nSPS) is 18.6. The monoisotopic (exact) mass is 292 g/mol. The fourth-order valence-electron chi connectivity index (χ4n) is 2.93. The van der Waals surface area contributed by atoms with Gasteiger partial charge in [-0.05, 0) is 45.4 Å². The molecule has 1 fully saturated rings. The zero-order valence-corrected chi connectivity index (χ0v) is 13.5. The van der Waals surface area contributed by atoms with Gasteiger partial charge in [-0.3, -0.25) is 0 Å². The van der Waals surface area contributed by atoms with Crippen LogP contribution in [0, 0.1) is 0 Å². The van der Waals surface area contributed by atoms with Gasteiger partial charge in [0.15, 0.2) is 0 Å². The summed E-state index contributed by atoms with van der Waals surface area (Å²) in [6.45, 7) is 10.7. The van der Waals surface area contributed by atoms with Crippen LogP contribution in [0.1, 0.15) is 33.6 Å². The molecule has 0 aromatic heterocycles. The van der Waals surface area contributed by atoms with Gasteiger partial charge in [-0.1, -0.05) is 6.92 Å². The van der Waals surface area contributed by atoms with E-state index in [1.165, 1.54) is 12.8 Å². The van der Waals surface area contributed by atoms with E-state index in [0.29, 0.717) is 19.3 Å². The first kappa shape index (κ1) is 16.0. The minimum Gasteiger partial charge on any atom is -0.494 e. The van der Waals surface area contributed by atoms with Gasteiger partial charge in [0.2, 0.25) is 0 Å². The third-order valence-electron chi connectivity index (χ3n) is 3.80. The zero-order chi connectivity index (χ0) is 15.1. The highest BCUT2D eigenvalue weighted by Gasteiger charge is 2.22. The Morgan fingerprint density at radius 3 is 2.71 bits per heavy atom. The molecule has 0 radical (unpaired) electrons. The van der Waals surface area contributed by atoms with Crippen LogP contribution in [0.4, 0.5) is 5.69 Å². The summed E-state index contributed by atoms with van der Waals surface area (Å²) in [5.41, 5.74) is 1.16. The summed E-state index contributed by atoms with van der Waals surface area (Å²) in [5, 5.41) is 3.56. The van der Waals surface area contributed by atoms with E-state index in [0.717, 1.165) is 36.8 Å². The first-order chi connectivity index (χ1) is 10.3. The van der Waals surface area contributed by atoms with Crippen molar-refractivity contribution in [3.8, 4) is 11.5 Å². The molecular formula is C17H28N2O2. The number of likely N-dealkylation sites (N-methyl/N-ethyl adjacent to an activating group) is 1. The van der Waals surface area contributed by atoms with Gasteiger partial charge in [-0.15, -0.1) is 0 Å². The van der Waals surface area contributed by atoms with E-state index in [2.05, 4.69) is 23.2 Å². The van der Waals surface area contributed by atoms with Crippen LogP contribution in [-0.2, 0) is 0 Å². The van der Waals surface area contributed by atoms with Crippen LogP contribution in [0.2, 0.25) is 0 Å². The predicted octanol–water partition coefficient (Wildman–Crippen LogP) is 3.06. The van der Waals surface area contributed by atoms with Gasteiger partial charge in [0.25, 0.3) is 0 Å². The van der Waals surface area contributed by atoms with Gasteiger partial charge in [0, 0.05) is 25.2 Å². The third kappa shape index (κ3) is 4.27. The first-order valence-electron chi connectivity index (χ1n) is 8.16. The smallest absolute Gasteiger partial charge is 0.142 e. The Morgan fingerprint density at radius 1 is 1.19 bits per heavy atom. The molecule has 1 unspecified atom stereocenters. The lowest BCUT2D eigenvalue weighted by atomic mass is 10.0. The summed E-state index contributed by atoms with van der Waals surface area (Å²) in [6.07, 6.45) is 2.46. The van der Waals surface area contributed by atoms with Gasteiger partial charge in [0.1, 0.15) is 11.5 Å². The summed E-state index contributed by atoms with van der Waals surface area (Å²) in [7, 11) is 0. The number of ether oxygens (including phenoxy) is 2. The van der Waals surface area contributed by atoms with Crippen molar-refractivity contribution in [2.45, 2.75) is 39.7 Å². The first-order valence-corrected chi connectivity index (χ1v) is 8.16. The van der Waals surface area contributed by atoms with Crippen molar-refractivity contribution in [1.82, 2.24) is 5.32 Å². The molecule has 0 spiro atoms. The van der Waals surface area contributed by atoms with Crippen molar-refractivity contribution in [3.05, 3.63) is 18.2 Å². The number of benzene rings is 1. The van der Waals surface area contributed by atoms with Gasteiger partial charge < -0.3 is 19.7 Å². The fraction of sp³-hybridized carbons (Fsp3) is 0.647. The fourth-order valence-corrected chi connectivity index (χ4v) is 2.93. The van der Waals surface area contributed by atoms with E-state index >= 15 is 0 Å². The molecule has 0 saturated carbocycles. The number of nitrogens with one attached hydrogen (secondary N) is 1. The average Bonchev–Trinajstić information content (AvgIpc) is 2.50. The molecule has 1 aromatic rings. The molecule has 1 aromatic carbocycles. The lowest BCUT2D eigenvalue weighted by Gasteiger charge is -2.35. The van der Waals surface area contributed by atoms with Gasteiger partial charge in [-0.25, -0.2) is 0 Å². The Kier molecular flexibility index (Phi) is 6.18. The number of rotatable bonds is 7. The van der Waals surface area contributed by atoms with E-state index in [-0.39, 0.29) is 0 Å². The number of hydrogen-bond acceptors (Lipinski definition) is 4. The van der Waals surface area contributed by atoms with Crippen molar-refractivity contribution < 1.29 is 9.47 Å². The zero-order valence-electron chi connectivity index (χ0n) is 13.5. The summed E-state index contributed by atoms with van der Waals surface area (Å²) in [5.74, 6) is 1.87. The molecule has 1 saturated heterocycles. The minimum absolute atomic E-state index is 0.564. The van der Waals surface area contributed by atoms with Crippen molar-refractivity contribution in [2.24, 2.45) is 0 Å². The van der Waals surface area contributed by atoms with Crippen LogP contribution in [0.25, 0.3) is 0 Å². The maximum atomic E-state index is 5.80. The van der Waals surface area contributed by atoms with Crippen molar-refractivity contribution >= 4 is 5.69 Å². The Labute approximate surface area is 128 Å². The highest BCUT2D eigenvalue weighted by Crippen LogP contribution is 2.34. The summed E-state index contributed by atoms with van der Waals surface area (Å²) < 4.78 is 11.4. The van der Waals surface area contributed by atoms with Crippen molar-refractivity contribution in [1.29, 1.82) is 0 Å². The topological polar surface area (TPSA) is 33.7 Å². The number of hydrogen-bond donors (Lipinski definition) is 1. The molecule has 1 heterocycles. The quantitative estimate of drug-likeness (QED) is 0.837. The second kappa shape index (κ2) is 8.13. The van der Waals surface area contributed by atoms with Gasteiger partial charge >= 0.3 is 0 Å². The average molecular weight is 292 g/mol. The largest absolute Gasteiger partial charge is 0.494 e. The molecule has 4 heteroatoms. The summed E-state index contributed by atoms with van der Waals surface area (Å²) >= 11 is 0. The van der Waals surface area contributed by atoms with E-state index in [1.54, 1.807) is 0 Å². The van der Waals surface area contributed by atoms with Gasteiger partial charge in [-0.2, -0.15) is 0 Å². The predicted molar refractivity (Wildman–Crippen MR) is 87.7 cm³/mol. The standard InChI is InChI=1S/C17H28N2O2/c1-4-18-14-8-7-11-19(13-14)16-12-15(20-5-2)9-10-17(16)21-6-3/h9-10,12,14,18H,4-8,11,13H2,1-3H3. The molecule has 0 aliphatic carbocycles. The number of piperidine rings is 1. The molecule has 118 valence electrons. The van der Waals surface area contributed by atoms with E-state index < -0.39 is 0 Å². The highest BCUT2D eigenvalue weighted by atomic mass is 16.5. The molecule has 1 aliphatic rings. The molecular weight excluding hydrogens is 264 g/mol. The van der Waals surface area contributed by atoms with Crippen LogP contribution in [0.5, 0.6) is 11.5 Å². The second-order valence-corrected chi connectivity index (χ2v) is 5.34. The molecule has 2 rings (SSSR count). The maximum absolute atomic E-state index is 5.80. The van der Waals surface area contributed by atoms with Crippen molar-refractivity contribution in [3.63, 3.8) is 0 Å². The van der Waals surface area contributed by atoms with E-state index in [1.807, 2.05) is 26.0 Å². The van der Waals surface area contributed by atoms with Crippen LogP contribution in [-0.4, -0.2) is 38.9 Å². The molecule has 0 amide bonds. The molecule has 21 heavy (non-hydrogen) atoms. The van der Waals surface area contributed by atoms with E-state index in [9.17, 15) is 0 Å². The second-order valence-electron chi connectivity index (χ2n) is 5.34. The van der Waals surface area contributed by atoms with Crippen LogP contribution >= 0.6 is 0 Å². The number of anilines is 1. The lowest BCUT2D eigenvalue weighted by Crippen LogP contribution is -2.45. The third-order valence-corrected chi connectivity index (χ3v) is 3.80. The summed E-state index contributed by atoms with van der Waals surface area (Å²) in [4.78, 5) is 2.42. The van der Waals surface area contributed by atoms with Crippen molar-refractivity contribution in [2.75, 3.05) is 37.7 Å². The molecule has 1 N–H and O–H groups in total.